The molecule has 2 heterocycles. The average Bonchev–Trinajstić information content (AvgIpc) is 3.37. The van der Waals surface area contributed by atoms with Gasteiger partial charge in [0.25, 0.3) is 5.91 Å². The van der Waals surface area contributed by atoms with Crippen molar-refractivity contribution in [2.75, 3.05) is 0 Å². The minimum absolute atomic E-state index is 0.109. The smallest absolute Gasteiger partial charge is 0.273 e. The molecule has 0 radical (unpaired) electrons. The molecule has 0 bridgehead atoms. The Kier molecular flexibility index (Phi) is 4.70. The number of hydrogen-bond acceptors (Lipinski definition) is 4. The minimum atomic E-state index is -0.400. The molecule has 0 aliphatic heterocycles. The number of thiazole rings is 1. The van der Waals surface area contributed by atoms with Gasteiger partial charge in [0, 0.05) is 28.2 Å². The largest absolute Gasteiger partial charge is 0.330 e. The van der Waals surface area contributed by atoms with Crippen molar-refractivity contribution in [1.29, 1.82) is 0 Å². The van der Waals surface area contributed by atoms with Crippen LogP contribution in [-0.2, 0) is 6.54 Å². The van der Waals surface area contributed by atoms with Crippen LogP contribution in [0.4, 0.5) is 4.39 Å². The number of carbonyl (C=O) groups is 1. The van der Waals surface area contributed by atoms with Crippen LogP contribution in [0, 0.1) is 5.82 Å². The molecule has 1 aliphatic carbocycles. The fraction of sp³-hybridized carbons (Fsp3) is 0.211. The highest BCUT2D eigenvalue weighted by Gasteiger charge is 2.35. The van der Waals surface area contributed by atoms with Gasteiger partial charge in [-0.1, -0.05) is 23.7 Å². The number of halogens is 2. The maximum Gasteiger partial charge on any atom is 0.273 e. The molecular weight excluding hydrogens is 373 g/mol. The number of nitrogens with zero attached hydrogens (tertiary/aromatic N) is 3. The van der Waals surface area contributed by atoms with Crippen LogP contribution in [-0.4, -0.2) is 26.8 Å². The van der Waals surface area contributed by atoms with Gasteiger partial charge in [-0.05, 0) is 37.1 Å². The van der Waals surface area contributed by atoms with E-state index in [1.165, 1.54) is 17.4 Å². The molecule has 1 aliphatic rings. The van der Waals surface area contributed by atoms with Gasteiger partial charge in [0.2, 0.25) is 0 Å². The Balaban J connectivity index is 1.60. The summed E-state index contributed by atoms with van der Waals surface area (Å²) >= 11 is 7.51. The lowest BCUT2D eigenvalue weighted by Gasteiger charge is -2.22. The van der Waals surface area contributed by atoms with Crippen molar-refractivity contribution < 1.29 is 9.18 Å². The predicted octanol–water partition coefficient (Wildman–Crippen LogP) is 4.80. The Hall–Kier alpha value is -2.31. The quantitative estimate of drug-likeness (QED) is 0.631. The van der Waals surface area contributed by atoms with E-state index in [-0.39, 0.29) is 18.5 Å². The summed E-state index contributed by atoms with van der Waals surface area (Å²) in [7, 11) is 0. The second kappa shape index (κ2) is 7.13. The topological polar surface area (TPSA) is 46.1 Å². The SMILES string of the molecule is O=C(c1csc(-c2ccccn2)n1)N(Cc1c(F)cccc1Cl)C1CC1. The molecule has 26 heavy (non-hydrogen) atoms. The summed E-state index contributed by atoms with van der Waals surface area (Å²) in [4.78, 5) is 23.3. The van der Waals surface area contributed by atoms with Gasteiger partial charge < -0.3 is 4.90 Å². The summed E-state index contributed by atoms with van der Waals surface area (Å²) in [5.41, 5.74) is 1.43. The molecule has 0 saturated heterocycles. The lowest BCUT2D eigenvalue weighted by atomic mass is 10.2. The van der Waals surface area contributed by atoms with Crippen LogP contribution in [0.5, 0.6) is 0 Å². The average molecular weight is 388 g/mol. The van der Waals surface area contributed by atoms with E-state index in [4.69, 9.17) is 11.6 Å². The van der Waals surface area contributed by atoms with Crippen LogP contribution in [0.25, 0.3) is 10.7 Å². The molecule has 0 atom stereocenters. The second-order valence-electron chi connectivity index (χ2n) is 6.12. The van der Waals surface area contributed by atoms with Gasteiger partial charge in [-0.25, -0.2) is 9.37 Å². The third-order valence-corrected chi connectivity index (χ3v) is 5.46. The molecule has 0 unspecified atom stereocenters. The number of pyridine rings is 1. The molecule has 4 nitrogen and oxygen atoms in total. The summed E-state index contributed by atoms with van der Waals surface area (Å²) < 4.78 is 14.1. The Labute approximate surface area is 159 Å². The standard InChI is InChI=1S/C19H15ClFN3OS/c20-14-4-3-5-15(21)13(14)10-24(12-7-8-12)19(25)17-11-26-18(23-17)16-6-1-2-9-22-16/h1-6,9,11-12H,7-8,10H2. The van der Waals surface area contributed by atoms with Crippen molar-refractivity contribution in [1.82, 2.24) is 14.9 Å². The number of rotatable bonds is 5. The maximum absolute atomic E-state index is 14.1. The van der Waals surface area contributed by atoms with Crippen molar-refractivity contribution in [2.45, 2.75) is 25.4 Å². The van der Waals surface area contributed by atoms with E-state index in [2.05, 4.69) is 9.97 Å². The lowest BCUT2D eigenvalue weighted by molar-refractivity contribution is 0.0723. The van der Waals surface area contributed by atoms with E-state index in [9.17, 15) is 9.18 Å². The number of amides is 1. The third kappa shape index (κ3) is 3.48. The zero-order chi connectivity index (χ0) is 18.1. The Morgan fingerprint density at radius 2 is 2.12 bits per heavy atom. The summed E-state index contributed by atoms with van der Waals surface area (Å²) in [5, 5.41) is 2.74. The first-order valence-corrected chi connectivity index (χ1v) is 9.50. The van der Waals surface area contributed by atoms with Crippen molar-refractivity contribution in [3.05, 3.63) is 70.1 Å². The minimum Gasteiger partial charge on any atom is -0.330 e. The highest BCUT2D eigenvalue weighted by atomic mass is 35.5. The summed E-state index contributed by atoms with van der Waals surface area (Å²) in [6, 6.07) is 10.2. The van der Waals surface area contributed by atoms with Gasteiger partial charge in [-0.3, -0.25) is 9.78 Å². The predicted molar refractivity (Wildman–Crippen MR) is 99.7 cm³/mol. The molecular formula is C19H15ClFN3OS. The van der Waals surface area contributed by atoms with Crippen molar-refractivity contribution in [2.24, 2.45) is 0 Å². The number of aromatic nitrogens is 2. The van der Waals surface area contributed by atoms with Gasteiger partial charge in [-0.15, -0.1) is 11.3 Å². The van der Waals surface area contributed by atoms with Gasteiger partial charge >= 0.3 is 0 Å². The second-order valence-corrected chi connectivity index (χ2v) is 7.38. The van der Waals surface area contributed by atoms with Crippen LogP contribution in [0.1, 0.15) is 28.9 Å². The molecule has 7 heteroatoms. The van der Waals surface area contributed by atoms with E-state index in [0.717, 1.165) is 18.5 Å². The van der Waals surface area contributed by atoms with E-state index in [0.29, 0.717) is 21.3 Å². The number of carbonyl (C=O) groups excluding carboxylic acids is 1. The highest BCUT2D eigenvalue weighted by molar-refractivity contribution is 7.13. The van der Waals surface area contributed by atoms with Crippen LogP contribution in [0.2, 0.25) is 5.02 Å². The zero-order valence-electron chi connectivity index (χ0n) is 13.7. The van der Waals surface area contributed by atoms with E-state index in [1.807, 2.05) is 18.2 Å². The molecule has 0 N–H and O–H groups in total. The fourth-order valence-corrected chi connectivity index (χ4v) is 3.72. The van der Waals surface area contributed by atoms with Crippen LogP contribution in [0.15, 0.2) is 48.0 Å². The molecule has 1 fully saturated rings. The number of benzene rings is 1. The first-order valence-electron chi connectivity index (χ1n) is 8.24. The summed E-state index contributed by atoms with van der Waals surface area (Å²) in [6.07, 6.45) is 3.51. The molecule has 0 spiro atoms. The molecule has 4 rings (SSSR count). The monoisotopic (exact) mass is 387 g/mol. The lowest BCUT2D eigenvalue weighted by Crippen LogP contribution is -2.33. The van der Waals surface area contributed by atoms with Crippen LogP contribution >= 0.6 is 22.9 Å². The fourth-order valence-electron chi connectivity index (χ4n) is 2.73. The van der Waals surface area contributed by atoms with Crippen LogP contribution < -0.4 is 0 Å². The first kappa shape index (κ1) is 17.1. The molecule has 1 amide bonds. The Morgan fingerprint density at radius 3 is 2.81 bits per heavy atom. The van der Waals surface area contributed by atoms with Crippen LogP contribution in [0.3, 0.4) is 0 Å². The Morgan fingerprint density at radius 1 is 1.27 bits per heavy atom. The van der Waals surface area contributed by atoms with Gasteiger partial charge in [-0.2, -0.15) is 0 Å². The molecule has 1 saturated carbocycles. The Bertz CT molecular complexity index is 923. The van der Waals surface area contributed by atoms with Gasteiger partial charge in [0.05, 0.1) is 12.2 Å². The highest BCUT2D eigenvalue weighted by Crippen LogP contribution is 2.32. The maximum atomic E-state index is 14.1. The van der Waals surface area contributed by atoms with E-state index < -0.39 is 5.82 Å². The van der Waals surface area contributed by atoms with Crippen molar-refractivity contribution in [3.8, 4) is 10.7 Å². The van der Waals surface area contributed by atoms with Gasteiger partial charge in [0.15, 0.2) is 0 Å². The summed E-state index contributed by atoms with van der Waals surface area (Å²) in [6.45, 7) is 0.144. The first-order chi connectivity index (χ1) is 12.6. The molecule has 132 valence electrons. The molecule has 1 aromatic carbocycles. The van der Waals surface area contributed by atoms with E-state index >= 15 is 0 Å². The van der Waals surface area contributed by atoms with Crippen molar-refractivity contribution >= 4 is 28.8 Å². The summed E-state index contributed by atoms with van der Waals surface area (Å²) in [5.74, 6) is -0.603. The van der Waals surface area contributed by atoms with E-state index in [1.54, 1.807) is 28.6 Å². The third-order valence-electron chi connectivity index (χ3n) is 4.25. The zero-order valence-corrected chi connectivity index (χ0v) is 15.3. The van der Waals surface area contributed by atoms with Gasteiger partial charge in [0.1, 0.15) is 16.5 Å². The van der Waals surface area contributed by atoms with Crippen molar-refractivity contribution in [3.63, 3.8) is 0 Å². The normalized spacial score (nSPS) is 13.6. The molecule has 2 aromatic heterocycles. The number of hydrogen-bond donors (Lipinski definition) is 0. The molecule has 3 aromatic rings.